The lowest BCUT2D eigenvalue weighted by molar-refractivity contribution is -0.125. The zero-order chi connectivity index (χ0) is 14.7. The maximum atomic E-state index is 11.9. The van der Waals surface area contributed by atoms with E-state index in [1.165, 1.54) is 0 Å². The minimum absolute atomic E-state index is 0.0349. The molecule has 2 atom stereocenters. The number of fused-ring (bicyclic) bond motifs is 1. The number of aliphatic hydroxyl groups is 1. The van der Waals surface area contributed by atoms with Gasteiger partial charge in [-0.2, -0.15) is 0 Å². The van der Waals surface area contributed by atoms with Crippen LogP contribution in [0.3, 0.4) is 0 Å². The monoisotopic (exact) mass is 285 g/mol. The van der Waals surface area contributed by atoms with Crippen LogP contribution < -0.4 is 5.32 Å². The third kappa shape index (κ3) is 3.23. The number of hydrogen-bond donors (Lipinski definition) is 2. The van der Waals surface area contributed by atoms with E-state index in [1.807, 2.05) is 42.5 Å². The third-order valence-corrected chi connectivity index (χ3v) is 3.93. The van der Waals surface area contributed by atoms with E-state index < -0.39 is 6.10 Å². The molecule has 1 amide bonds. The molecular formula is C17H19NO3. The van der Waals surface area contributed by atoms with Crippen molar-refractivity contribution in [2.75, 3.05) is 19.8 Å². The first kappa shape index (κ1) is 14.0. The summed E-state index contributed by atoms with van der Waals surface area (Å²) in [5, 5.41) is 15.3. The minimum atomic E-state index is -0.694. The van der Waals surface area contributed by atoms with Crippen molar-refractivity contribution >= 4 is 16.7 Å². The predicted octanol–water partition coefficient (Wildman–Crippen LogP) is 2.03. The molecule has 0 aliphatic carbocycles. The summed E-state index contributed by atoms with van der Waals surface area (Å²) in [6.45, 7) is 1.36. The van der Waals surface area contributed by atoms with Gasteiger partial charge in [-0.15, -0.1) is 0 Å². The molecule has 0 bridgehead atoms. The fraction of sp³-hybridized carbons (Fsp3) is 0.353. The van der Waals surface area contributed by atoms with Gasteiger partial charge < -0.3 is 15.2 Å². The zero-order valence-electron chi connectivity index (χ0n) is 11.8. The summed E-state index contributed by atoms with van der Waals surface area (Å²) in [5.41, 5.74) is 0.816. The van der Waals surface area contributed by atoms with Gasteiger partial charge >= 0.3 is 0 Å². The first-order valence-electron chi connectivity index (χ1n) is 7.26. The summed E-state index contributed by atoms with van der Waals surface area (Å²) < 4.78 is 5.19. The number of hydrogen-bond acceptors (Lipinski definition) is 3. The number of aliphatic hydroxyl groups excluding tert-OH is 1. The van der Waals surface area contributed by atoms with Crippen molar-refractivity contribution in [2.45, 2.75) is 12.5 Å². The van der Waals surface area contributed by atoms with E-state index in [0.29, 0.717) is 13.2 Å². The van der Waals surface area contributed by atoms with Crippen LogP contribution in [0.2, 0.25) is 0 Å². The Morgan fingerprint density at radius 1 is 1.29 bits per heavy atom. The molecule has 0 spiro atoms. The summed E-state index contributed by atoms with van der Waals surface area (Å²) in [6.07, 6.45) is 0.0682. The summed E-state index contributed by atoms with van der Waals surface area (Å²) in [6, 6.07) is 13.9. The maximum absolute atomic E-state index is 11.9. The number of carbonyl (C=O) groups is 1. The highest BCUT2D eigenvalue weighted by Gasteiger charge is 2.23. The lowest BCUT2D eigenvalue weighted by Crippen LogP contribution is -2.34. The molecule has 0 radical (unpaired) electrons. The highest BCUT2D eigenvalue weighted by atomic mass is 16.5. The molecule has 4 nitrogen and oxygen atoms in total. The summed E-state index contributed by atoms with van der Waals surface area (Å²) in [4.78, 5) is 11.9. The molecule has 110 valence electrons. The van der Waals surface area contributed by atoms with Crippen molar-refractivity contribution in [3.8, 4) is 0 Å². The number of carbonyl (C=O) groups excluding carboxylic acids is 1. The van der Waals surface area contributed by atoms with Crippen LogP contribution in [-0.2, 0) is 9.53 Å². The van der Waals surface area contributed by atoms with Gasteiger partial charge in [-0.3, -0.25) is 4.79 Å². The van der Waals surface area contributed by atoms with E-state index >= 15 is 0 Å². The van der Waals surface area contributed by atoms with Crippen LogP contribution in [0, 0.1) is 5.92 Å². The molecule has 2 aromatic rings. The number of amides is 1. The molecule has 0 aromatic heterocycles. The van der Waals surface area contributed by atoms with Gasteiger partial charge in [0.2, 0.25) is 5.91 Å². The van der Waals surface area contributed by atoms with Crippen molar-refractivity contribution in [2.24, 2.45) is 5.92 Å². The molecule has 1 fully saturated rings. The molecule has 1 aliphatic heterocycles. The van der Waals surface area contributed by atoms with Crippen LogP contribution in [0.4, 0.5) is 0 Å². The van der Waals surface area contributed by atoms with E-state index in [9.17, 15) is 9.90 Å². The molecule has 2 N–H and O–H groups in total. The average molecular weight is 285 g/mol. The second-order valence-electron chi connectivity index (χ2n) is 5.43. The molecule has 0 saturated carbocycles. The number of benzene rings is 2. The molecule has 1 saturated heterocycles. The van der Waals surface area contributed by atoms with Gasteiger partial charge in [0.25, 0.3) is 0 Å². The molecular weight excluding hydrogens is 266 g/mol. The Bertz CT molecular complexity index is 635. The first-order valence-corrected chi connectivity index (χ1v) is 7.26. The topological polar surface area (TPSA) is 58.6 Å². The molecule has 2 aromatic carbocycles. The Hall–Kier alpha value is -1.91. The Kier molecular flexibility index (Phi) is 4.18. The second-order valence-corrected chi connectivity index (χ2v) is 5.43. The lowest BCUT2D eigenvalue weighted by Gasteiger charge is -2.15. The number of nitrogens with one attached hydrogen (secondary N) is 1. The van der Waals surface area contributed by atoms with Crippen molar-refractivity contribution < 1.29 is 14.6 Å². The van der Waals surface area contributed by atoms with E-state index in [1.54, 1.807) is 0 Å². The maximum Gasteiger partial charge on any atom is 0.225 e. The number of ether oxygens (including phenoxy) is 1. The average Bonchev–Trinajstić information content (AvgIpc) is 3.06. The highest BCUT2D eigenvalue weighted by Crippen LogP contribution is 2.20. The first-order chi connectivity index (χ1) is 10.2. The van der Waals surface area contributed by atoms with Gasteiger partial charge in [-0.25, -0.2) is 0 Å². The van der Waals surface area contributed by atoms with Crippen molar-refractivity contribution in [3.05, 3.63) is 48.0 Å². The van der Waals surface area contributed by atoms with E-state index in [2.05, 4.69) is 5.32 Å². The largest absolute Gasteiger partial charge is 0.387 e. The molecule has 2 unspecified atom stereocenters. The fourth-order valence-electron chi connectivity index (χ4n) is 2.62. The van der Waals surface area contributed by atoms with Gasteiger partial charge in [0.05, 0.1) is 18.6 Å². The van der Waals surface area contributed by atoms with E-state index in [0.717, 1.165) is 22.8 Å². The predicted molar refractivity (Wildman–Crippen MR) is 80.8 cm³/mol. The van der Waals surface area contributed by atoms with Crippen LogP contribution in [0.1, 0.15) is 18.1 Å². The van der Waals surface area contributed by atoms with Crippen LogP contribution in [0.5, 0.6) is 0 Å². The smallest absolute Gasteiger partial charge is 0.225 e. The fourth-order valence-corrected chi connectivity index (χ4v) is 2.62. The normalized spacial score (nSPS) is 19.6. The number of rotatable bonds is 4. The van der Waals surface area contributed by atoms with Gasteiger partial charge in [-0.1, -0.05) is 36.4 Å². The molecule has 21 heavy (non-hydrogen) atoms. The third-order valence-electron chi connectivity index (χ3n) is 3.93. The molecule has 1 heterocycles. The van der Waals surface area contributed by atoms with Gasteiger partial charge in [-0.05, 0) is 28.8 Å². The van der Waals surface area contributed by atoms with Crippen molar-refractivity contribution in [1.29, 1.82) is 0 Å². The Morgan fingerprint density at radius 2 is 2.10 bits per heavy atom. The van der Waals surface area contributed by atoms with Crippen molar-refractivity contribution in [3.63, 3.8) is 0 Å². The quantitative estimate of drug-likeness (QED) is 0.903. The molecule has 4 heteroatoms. The molecule has 1 aliphatic rings. The Labute approximate surface area is 123 Å². The second kappa shape index (κ2) is 6.24. The van der Waals surface area contributed by atoms with E-state index in [4.69, 9.17) is 4.74 Å². The van der Waals surface area contributed by atoms with Gasteiger partial charge in [0, 0.05) is 13.2 Å². The van der Waals surface area contributed by atoms with E-state index in [-0.39, 0.29) is 18.4 Å². The van der Waals surface area contributed by atoms with Crippen LogP contribution >= 0.6 is 0 Å². The zero-order valence-corrected chi connectivity index (χ0v) is 11.8. The summed E-state index contributed by atoms with van der Waals surface area (Å²) in [5.74, 6) is -0.110. The summed E-state index contributed by atoms with van der Waals surface area (Å²) in [7, 11) is 0. The van der Waals surface area contributed by atoms with Crippen molar-refractivity contribution in [1.82, 2.24) is 5.32 Å². The van der Waals surface area contributed by atoms with Crippen LogP contribution in [0.25, 0.3) is 10.8 Å². The minimum Gasteiger partial charge on any atom is -0.387 e. The van der Waals surface area contributed by atoms with Crippen LogP contribution in [-0.4, -0.2) is 30.8 Å². The van der Waals surface area contributed by atoms with Gasteiger partial charge in [0.1, 0.15) is 0 Å². The Balaban J connectivity index is 1.63. The summed E-state index contributed by atoms with van der Waals surface area (Å²) >= 11 is 0. The SMILES string of the molecule is O=C(NCC(O)c1ccc2ccccc2c1)C1CCOC1. The standard InChI is InChI=1S/C17H19NO3/c19-16(10-18-17(20)15-7-8-21-11-15)14-6-5-12-3-1-2-4-13(12)9-14/h1-6,9,15-16,19H,7-8,10-11H2,(H,18,20). The Morgan fingerprint density at radius 3 is 2.86 bits per heavy atom. The highest BCUT2D eigenvalue weighted by molar-refractivity contribution is 5.83. The van der Waals surface area contributed by atoms with Crippen LogP contribution in [0.15, 0.2) is 42.5 Å². The van der Waals surface area contributed by atoms with Gasteiger partial charge in [0.15, 0.2) is 0 Å². The molecule has 3 rings (SSSR count). The lowest BCUT2D eigenvalue weighted by atomic mass is 10.0.